The van der Waals surface area contributed by atoms with Crippen molar-refractivity contribution >= 4 is 35.2 Å². The van der Waals surface area contributed by atoms with Gasteiger partial charge in [-0.2, -0.15) is 13.2 Å². The van der Waals surface area contributed by atoms with Crippen LogP contribution in [0.25, 0.3) is 0 Å². The van der Waals surface area contributed by atoms with E-state index in [0.29, 0.717) is 11.8 Å². The molecule has 0 saturated carbocycles. The molecule has 4 rings (SSSR count). The van der Waals surface area contributed by atoms with Crippen LogP contribution >= 0.6 is 7.92 Å². The van der Waals surface area contributed by atoms with E-state index in [4.69, 9.17) is 0 Å². The Morgan fingerprint density at radius 2 is 1.25 bits per heavy atom. The lowest BCUT2D eigenvalue weighted by Crippen LogP contribution is -2.26. The maximum absolute atomic E-state index is 14.6. The molecule has 162 valence electrons. The van der Waals surface area contributed by atoms with Gasteiger partial charge in [-0.3, -0.25) is 0 Å². The standard InChI is InChI=1S/C26H20F4NP/c1-18-10-8-9-15-23(18)31-25-22(26(28,29)30)16-19(27)17-24(25)32(20-11-4-2-5-12-20)21-13-6-3-7-14-21/h2-17,31H,1H3. The molecule has 0 radical (unpaired) electrons. The molecule has 0 aromatic heterocycles. The summed E-state index contributed by atoms with van der Waals surface area (Å²) >= 11 is 0. The van der Waals surface area contributed by atoms with Crippen molar-refractivity contribution in [1.82, 2.24) is 0 Å². The van der Waals surface area contributed by atoms with E-state index in [1.165, 1.54) is 6.07 Å². The second kappa shape index (κ2) is 9.13. The van der Waals surface area contributed by atoms with Crippen LogP contribution in [-0.4, -0.2) is 0 Å². The summed E-state index contributed by atoms with van der Waals surface area (Å²) in [5, 5.41) is 4.95. The molecule has 0 aliphatic rings. The molecule has 0 amide bonds. The van der Waals surface area contributed by atoms with Gasteiger partial charge in [-0.05, 0) is 49.2 Å². The minimum atomic E-state index is -4.73. The summed E-state index contributed by atoms with van der Waals surface area (Å²) in [6, 6.07) is 27.4. The minimum absolute atomic E-state index is 0.119. The Bertz CT molecular complexity index is 1170. The number of alkyl halides is 3. The fraction of sp³-hybridized carbons (Fsp3) is 0.0769. The molecule has 0 aliphatic carbocycles. The first-order valence-electron chi connectivity index (χ1n) is 9.98. The van der Waals surface area contributed by atoms with Gasteiger partial charge in [0.05, 0.1) is 11.3 Å². The molecule has 0 aliphatic heterocycles. The van der Waals surface area contributed by atoms with E-state index in [0.717, 1.165) is 16.2 Å². The van der Waals surface area contributed by atoms with Crippen LogP contribution in [0, 0.1) is 12.7 Å². The number of hydrogen-bond donors (Lipinski definition) is 1. The van der Waals surface area contributed by atoms with Gasteiger partial charge in [-0.15, -0.1) is 0 Å². The summed E-state index contributed by atoms with van der Waals surface area (Å²) in [4.78, 5) is 0. The zero-order valence-corrected chi connectivity index (χ0v) is 18.1. The Balaban J connectivity index is 2.01. The first kappa shape index (κ1) is 22.0. The van der Waals surface area contributed by atoms with Crippen molar-refractivity contribution in [2.45, 2.75) is 13.1 Å². The van der Waals surface area contributed by atoms with E-state index in [-0.39, 0.29) is 11.0 Å². The smallest absolute Gasteiger partial charge is 0.354 e. The number of anilines is 2. The number of para-hydroxylation sites is 1. The third kappa shape index (κ3) is 4.68. The van der Waals surface area contributed by atoms with Crippen molar-refractivity contribution in [2.24, 2.45) is 0 Å². The van der Waals surface area contributed by atoms with Gasteiger partial charge >= 0.3 is 6.18 Å². The highest BCUT2D eigenvalue weighted by molar-refractivity contribution is 7.80. The van der Waals surface area contributed by atoms with Crippen molar-refractivity contribution in [3.05, 3.63) is 114 Å². The molecule has 0 spiro atoms. The highest BCUT2D eigenvalue weighted by Crippen LogP contribution is 2.43. The van der Waals surface area contributed by atoms with Gasteiger partial charge in [-0.1, -0.05) is 78.9 Å². The molecular formula is C26H20F4NP. The largest absolute Gasteiger partial charge is 0.418 e. The summed E-state index contributed by atoms with van der Waals surface area (Å²) < 4.78 is 56.9. The summed E-state index contributed by atoms with van der Waals surface area (Å²) in [7, 11) is -1.45. The molecule has 0 heterocycles. The van der Waals surface area contributed by atoms with Gasteiger partial charge in [0.2, 0.25) is 0 Å². The summed E-state index contributed by atoms with van der Waals surface area (Å²) in [5.41, 5.74) is 0.198. The van der Waals surface area contributed by atoms with E-state index in [1.807, 2.05) is 79.7 Å². The number of aryl methyl sites for hydroxylation is 1. The number of nitrogens with one attached hydrogen (secondary N) is 1. The fourth-order valence-electron chi connectivity index (χ4n) is 3.55. The lowest BCUT2D eigenvalue weighted by atomic mass is 10.1. The Hall–Kier alpha value is -3.17. The highest BCUT2D eigenvalue weighted by atomic mass is 31.1. The molecule has 0 bridgehead atoms. The Morgan fingerprint density at radius 1 is 0.719 bits per heavy atom. The molecule has 1 nitrogen and oxygen atoms in total. The fourth-order valence-corrected chi connectivity index (χ4v) is 6.00. The predicted molar refractivity (Wildman–Crippen MR) is 125 cm³/mol. The minimum Gasteiger partial charge on any atom is -0.354 e. The molecule has 1 N–H and O–H groups in total. The number of hydrogen-bond acceptors (Lipinski definition) is 1. The molecular weight excluding hydrogens is 433 g/mol. The van der Waals surface area contributed by atoms with Crippen LogP contribution in [0.1, 0.15) is 11.1 Å². The van der Waals surface area contributed by atoms with E-state index in [2.05, 4.69) is 5.32 Å². The van der Waals surface area contributed by atoms with Crippen molar-refractivity contribution < 1.29 is 17.6 Å². The SMILES string of the molecule is Cc1ccccc1Nc1c(P(c2ccccc2)c2ccccc2)cc(F)cc1C(F)(F)F. The maximum Gasteiger partial charge on any atom is 0.418 e. The average Bonchev–Trinajstić information content (AvgIpc) is 2.77. The molecule has 0 unspecified atom stereocenters. The van der Waals surface area contributed by atoms with Gasteiger partial charge < -0.3 is 5.32 Å². The van der Waals surface area contributed by atoms with Crippen LogP contribution in [-0.2, 0) is 6.18 Å². The van der Waals surface area contributed by atoms with Gasteiger partial charge in [0, 0.05) is 11.0 Å². The normalized spacial score (nSPS) is 11.6. The van der Waals surface area contributed by atoms with Crippen molar-refractivity contribution in [1.29, 1.82) is 0 Å². The summed E-state index contributed by atoms with van der Waals surface area (Å²) in [6.07, 6.45) is -4.73. The second-order valence-electron chi connectivity index (χ2n) is 7.29. The van der Waals surface area contributed by atoms with E-state index >= 15 is 0 Å². The summed E-state index contributed by atoms with van der Waals surface area (Å²) in [5.74, 6) is -0.915. The number of rotatable bonds is 5. The third-order valence-corrected chi connectivity index (χ3v) is 7.53. The Morgan fingerprint density at radius 3 is 1.78 bits per heavy atom. The Kier molecular flexibility index (Phi) is 6.29. The van der Waals surface area contributed by atoms with Crippen LogP contribution in [0.2, 0.25) is 0 Å². The van der Waals surface area contributed by atoms with Crippen molar-refractivity contribution in [2.75, 3.05) is 5.32 Å². The van der Waals surface area contributed by atoms with Crippen LogP contribution in [0.3, 0.4) is 0 Å². The quantitative estimate of drug-likeness (QED) is 0.263. The molecule has 32 heavy (non-hydrogen) atoms. The second-order valence-corrected chi connectivity index (χ2v) is 9.48. The van der Waals surface area contributed by atoms with E-state index < -0.39 is 25.5 Å². The molecule has 0 fully saturated rings. The van der Waals surface area contributed by atoms with Crippen LogP contribution in [0.15, 0.2) is 97.1 Å². The monoisotopic (exact) mass is 453 g/mol. The molecule has 0 atom stereocenters. The van der Waals surface area contributed by atoms with Crippen molar-refractivity contribution in [3.63, 3.8) is 0 Å². The molecule has 4 aromatic rings. The Labute approximate surface area is 185 Å². The van der Waals surface area contributed by atoms with E-state index in [1.54, 1.807) is 12.1 Å². The van der Waals surface area contributed by atoms with Gasteiger partial charge in [0.25, 0.3) is 0 Å². The lowest BCUT2D eigenvalue weighted by molar-refractivity contribution is -0.137. The highest BCUT2D eigenvalue weighted by Gasteiger charge is 2.37. The number of halogens is 4. The topological polar surface area (TPSA) is 12.0 Å². The van der Waals surface area contributed by atoms with Crippen LogP contribution in [0.4, 0.5) is 28.9 Å². The first-order valence-corrected chi connectivity index (χ1v) is 11.3. The van der Waals surface area contributed by atoms with Gasteiger partial charge in [0.15, 0.2) is 0 Å². The molecule has 4 aromatic carbocycles. The average molecular weight is 453 g/mol. The summed E-state index contributed by atoms with van der Waals surface area (Å²) in [6.45, 7) is 1.82. The van der Waals surface area contributed by atoms with E-state index in [9.17, 15) is 17.6 Å². The lowest BCUT2D eigenvalue weighted by Gasteiger charge is -2.26. The zero-order valence-electron chi connectivity index (χ0n) is 17.2. The predicted octanol–water partition coefficient (Wildman–Crippen LogP) is 6.65. The first-order chi connectivity index (χ1) is 15.3. The number of benzene rings is 4. The third-order valence-electron chi connectivity index (χ3n) is 5.06. The van der Waals surface area contributed by atoms with Gasteiger partial charge in [-0.25, -0.2) is 4.39 Å². The van der Waals surface area contributed by atoms with Crippen LogP contribution in [0.5, 0.6) is 0 Å². The van der Waals surface area contributed by atoms with Gasteiger partial charge in [0.1, 0.15) is 5.82 Å². The molecule has 0 saturated heterocycles. The zero-order chi connectivity index (χ0) is 22.7. The maximum atomic E-state index is 14.6. The molecule has 6 heteroatoms. The van der Waals surface area contributed by atoms with Crippen molar-refractivity contribution in [3.8, 4) is 0 Å². The van der Waals surface area contributed by atoms with Crippen LogP contribution < -0.4 is 21.2 Å².